The number of carbonyl (C=O) groups is 2. The molecule has 144 valence electrons. The first-order valence-corrected chi connectivity index (χ1v) is 8.65. The standard InChI is InChI=1S/C21H15N3O5/c25-20(16-5-3-9-22-11-16)24-23-12-15-4-1-2-6-17(15)29-21(26)14-7-8-18-19(10-14)28-13-27-18/h1-12H,13H2,(H,24,25)/b23-12+. The van der Waals surface area contributed by atoms with E-state index in [-0.39, 0.29) is 6.79 Å². The Kier molecular flexibility index (Phi) is 5.15. The van der Waals surface area contributed by atoms with Gasteiger partial charge in [0.1, 0.15) is 5.75 Å². The molecule has 0 aliphatic carbocycles. The molecule has 2 heterocycles. The molecule has 3 aromatic rings. The Balaban J connectivity index is 1.45. The molecule has 29 heavy (non-hydrogen) atoms. The minimum Gasteiger partial charge on any atom is -0.454 e. The van der Waals surface area contributed by atoms with Crippen molar-refractivity contribution in [2.75, 3.05) is 6.79 Å². The van der Waals surface area contributed by atoms with Crippen LogP contribution in [0.1, 0.15) is 26.3 Å². The van der Waals surface area contributed by atoms with E-state index in [0.29, 0.717) is 33.9 Å². The van der Waals surface area contributed by atoms with Crippen LogP contribution in [0, 0.1) is 0 Å². The van der Waals surface area contributed by atoms with E-state index in [4.69, 9.17) is 14.2 Å². The number of aromatic nitrogens is 1. The molecule has 1 aliphatic rings. The van der Waals surface area contributed by atoms with Gasteiger partial charge in [-0.15, -0.1) is 0 Å². The predicted octanol–water partition coefficient (Wildman–Crippen LogP) is 2.79. The number of para-hydroxylation sites is 1. The van der Waals surface area contributed by atoms with Crippen molar-refractivity contribution in [1.82, 2.24) is 10.4 Å². The fourth-order valence-corrected chi connectivity index (χ4v) is 2.58. The fourth-order valence-electron chi connectivity index (χ4n) is 2.58. The number of benzene rings is 2. The van der Waals surface area contributed by atoms with Crippen LogP contribution in [0.2, 0.25) is 0 Å². The Morgan fingerprint density at radius 2 is 1.90 bits per heavy atom. The van der Waals surface area contributed by atoms with Gasteiger partial charge in [-0.2, -0.15) is 5.10 Å². The molecule has 1 aromatic heterocycles. The molecule has 4 rings (SSSR count). The molecule has 1 N–H and O–H groups in total. The SMILES string of the molecule is O=C(N/N=C/c1ccccc1OC(=O)c1ccc2c(c1)OCO2)c1cccnc1. The zero-order chi connectivity index (χ0) is 20.1. The van der Waals surface area contributed by atoms with Crippen LogP contribution in [0.5, 0.6) is 17.2 Å². The van der Waals surface area contributed by atoms with E-state index in [1.54, 1.807) is 60.8 Å². The lowest BCUT2D eigenvalue weighted by molar-refractivity contribution is 0.0733. The maximum Gasteiger partial charge on any atom is 0.343 e. The molecule has 0 saturated heterocycles. The molecule has 0 atom stereocenters. The van der Waals surface area contributed by atoms with Crippen molar-refractivity contribution in [2.24, 2.45) is 5.10 Å². The summed E-state index contributed by atoms with van der Waals surface area (Å²) < 4.78 is 16.0. The van der Waals surface area contributed by atoms with Crippen LogP contribution in [0.25, 0.3) is 0 Å². The smallest absolute Gasteiger partial charge is 0.343 e. The third-order valence-electron chi connectivity index (χ3n) is 4.02. The van der Waals surface area contributed by atoms with Crippen LogP contribution in [0.4, 0.5) is 0 Å². The van der Waals surface area contributed by atoms with E-state index in [1.807, 2.05) is 0 Å². The van der Waals surface area contributed by atoms with Crippen LogP contribution < -0.4 is 19.6 Å². The number of hydrogen-bond acceptors (Lipinski definition) is 7. The van der Waals surface area contributed by atoms with Crippen LogP contribution in [0.15, 0.2) is 72.1 Å². The van der Waals surface area contributed by atoms with E-state index in [2.05, 4.69) is 15.5 Å². The van der Waals surface area contributed by atoms with Crippen molar-refractivity contribution in [2.45, 2.75) is 0 Å². The van der Waals surface area contributed by atoms with Gasteiger partial charge in [0.05, 0.1) is 17.3 Å². The highest BCUT2D eigenvalue weighted by Crippen LogP contribution is 2.32. The number of hydrogen-bond donors (Lipinski definition) is 1. The van der Waals surface area contributed by atoms with Crippen LogP contribution in [-0.4, -0.2) is 29.9 Å². The summed E-state index contributed by atoms with van der Waals surface area (Å²) in [5.41, 5.74) is 3.64. The van der Waals surface area contributed by atoms with Gasteiger partial charge in [-0.05, 0) is 42.5 Å². The minimum absolute atomic E-state index is 0.123. The molecule has 0 saturated carbocycles. The summed E-state index contributed by atoms with van der Waals surface area (Å²) in [6.07, 6.45) is 4.41. The van der Waals surface area contributed by atoms with Crippen LogP contribution in [-0.2, 0) is 0 Å². The van der Waals surface area contributed by atoms with Gasteiger partial charge >= 0.3 is 5.97 Å². The van der Waals surface area contributed by atoms with Crippen molar-refractivity contribution in [3.63, 3.8) is 0 Å². The Morgan fingerprint density at radius 3 is 2.76 bits per heavy atom. The molecular formula is C21H15N3O5. The molecule has 8 heteroatoms. The number of carbonyl (C=O) groups excluding carboxylic acids is 2. The van der Waals surface area contributed by atoms with E-state index in [1.165, 1.54) is 12.4 Å². The highest BCUT2D eigenvalue weighted by Gasteiger charge is 2.18. The monoisotopic (exact) mass is 389 g/mol. The summed E-state index contributed by atoms with van der Waals surface area (Å²) in [6.45, 7) is 0.123. The largest absolute Gasteiger partial charge is 0.454 e. The number of nitrogens with one attached hydrogen (secondary N) is 1. The highest BCUT2D eigenvalue weighted by molar-refractivity contribution is 5.96. The van der Waals surface area contributed by atoms with Gasteiger partial charge in [0, 0.05) is 18.0 Å². The van der Waals surface area contributed by atoms with Gasteiger partial charge in [-0.1, -0.05) is 12.1 Å². The molecule has 0 radical (unpaired) electrons. The highest BCUT2D eigenvalue weighted by atomic mass is 16.7. The zero-order valence-corrected chi connectivity index (χ0v) is 15.1. The van der Waals surface area contributed by atoms with Crippen molar-refractivity contribution in [1.29, 1.82) is 0 Å². The first-order valence-electron chi connectivity index (χ1n) is 8.65. The zero-order valence-electron chi connectivity index (χ0n) is 15.1. The van der Waals surface area contributed by atoms with Crippen molar-refractivity contribution >= 4 is 18.1 Å². The second kappa shape index (κ2) is 8.22. The summed E-state index contributed by atoms with van der Waals surface area (Å²) >= 11 is 0. The quantitative estimate of drug-likeness (QED) is 0.312. The van der Waals surface area contributed by atoms with E-state index in [9.17, 15) is 9.59 Å². The molecule has 1 aliphatic heterocycles. The number of esters is 1. The van der Waals surface area contributed by atoms with Gasteiger partial charge in [0.15, 0.2) is 11.5 Å². The maximum atomic E-state index is 12.5. The number of pyridine rings is 1. The first kappa shape index (κ1) is 18.2. The molecule has 0 unspecified atom stereocenters. The Hall–Kier alpha value is -4.20. The number of amides is 1. The summed E-state index contributed by atoms with van der Waals surface area (Å²) in [5, 5.41) is 3.93. The average molecular weight is 389 g/mol. The maximum absolute atomic E-state index is 12.5. The summed E-state index contributed by atoms with van der Waals surface area (Å²) in [7, 11) is 0. The third kappa shape index (κ3) is 4.22. The molecule has 2 aromatic carbocycles. The van der Waals surface area contributed by atoms with Crippen molar-refractivity contribution in [3.8, 4) is 17.2 Å². The van der Waals surface area contributed by atoms with Crippen LogP contribution in [0.3, 0.4) is 0 Å². The summed E-state index contributed by atoms with van der Waals surface area (Å²) in [6, 6.07) is 14.9. The van der Waals surface area contributed by atoms with Gasteiger partial charge in [-0.3, -0.25) is 9.78 Å². The van der Waals surface area contributed by atoms with Gasteiger partial charge < -0.3 is 14.2 Å². The number of ether oxygens (including phenoxy) is 3. The molecular weight excluding hydrogens is 374 g/mol. The predicted molar refractivity (Wildman–Crippen MR) is 103 cm³/mol. The summed E-state index contributed by atoms with van der Waals surface area (Å²) in [4.78, 5) is 28.4. The van der Waals surface area contributed by atoms with Gasteiger partial charge in [0.2, 0.25) is 6.79 Å². The van der Waals surface area contributed by atoms with E-state index in [0.717, 1.165) is 0 Å². The van der Waals surface area contributed by atoms with Crippen molar-refractivity contribution < 1.29 is 23.8 Å². The fraction of sp³-hybridized carbons (Fsp3) is 0.0476. The molecule has 1 amide bonds. The number of hydrazone groups is 1. The Labute approximate surface area is 165 Å². The number of fused-ring (bicyclic) bond motifs is 1. The first-order chi connectivity index (χ1) is 14.2. The minimum atomic E-state index is -0.552. The second-order valence-corrected chi connectivity index (χ2v) is 5.94. The topological polar surface area (TPSA) is 99.1 Å². The Morgan fingerprint density at radius 1 is 1.03 bits per heavy atom. The normalized spacial score (nSPS) is 12.0. The van der Waals surface area contributed by atoms with Crippen LogP contribution >= 0.6 is 0 Å². The van der Waals surface area contributed by atoms with Gasteiger partial charge in [-0.25, -0.2) is 10.2 Å². The lowest BCUT2D eigenvalue weighted by Gasteiger charge is -2.08. The molecule has 8 nitrogen and oxygen atoms in total. The molecule has 0 fully saturated rings. The average Bonchev–Trinajstić information content (AvgIpc) is 3.23. The second-order valence-electron chi connectivity index (χ2n) is 5.94. The van der Waals surface area contributed by atoms with E-state index < -0.39 is 11.9 Å². The lowest BCUT2D eigenvalue weighted by atomic mass is 10.2. The summed E-state index contributed by atoms with van der Waals surface area (Å²) in [5.74, 6) is 0.424. The van der Waals surface area contributed by atoms with Crippen molar-refractivity contribution in [3.05, 3.63) is 83.7 Å². The lowest BCUT2D eigenvalue weighted by Crippen LogP contribution is -2.17. The number of rotatable bonds is 5. The number of nitrogens with zero attached hydrogens (tertiary/aromatic N) is 2. The third-order valence-corrected chi connectivity index (χ3v) is 4.02. The van der Waals surface area contributed by atoms with E-state index >= 15 is 0 Å². The van der Waals surface area contributed by atoms with Gasteiger partial charge in [0.25, 0.3) is 5.91 Å². The molecule has 0 bridgehead atoms. The Bertz CT molecular complexity index is 1080. The molecule has 0 spiro atoms.